The van der Waals surface area contributed by atoms with E-state index in [2.05, 4.69) is 5.32 Å². The number of benzene rings is 2. The summed E-state index contributed by atoms with van der Waals surface area (Å²) in [5.41, 5.74) is 0.785. The average Bonchev–Trinajstić information content (AvgIpc) is 2.35. The third kappa shape index (κ3) is 2.78. The zero-order valence-corrected chi connectivity index (χ0v) is 9.91. The van der Waals surface area contributed by atoms with E-state index in [1.807, 2.05) is 0 Å². The number of hydrogen-bond acceptors (Lipinski definition) is 2. The van der Waals surface area contributed by atoms with Crippen LogP contribution in [-0.4, -0.2) is 11.0 Å². The minimum absolute atomic E-state index is 0.103. The van der Waals surface area contributed by atoms with E-state index in [0.717, 1.165) is 6.07 Å². The van der Waals surface area contributed by atoms with E-state index in [1.54, 1.807) is 12.1 Å². The van der Waals surface area contributed by atoms with E-state index in [1.165, 1.54) is 24.3 Å². The molecule has 92 valence electrons. The number of amides is 1. The van der Waals surface area contributed by atoms with Gasteiger partial charge in [-0.25, -0.2) is 4.39 Å². The molecule has 0 aliphatic heterocycles. The Morgan fingerprint density at radius 1 is 1.17 bits per heavy atom. The predicted molar refractivity (Wildman–Crippen MR) is 67.5 cm³/mol. The van der Waals surface area contributed by atoms with Crippen LogP contribution < -0.4 is 5.32 Å². The van der Waals surface area contributed by atoms with E-state index in [4.69, 9.17) is 16.7 Å². The highest BCUT2D eigenvalue weighted by molar-refractivity contribution is 6.31. The molecule has 1 amide bonds. The standard InChI is InChI=1S/C13H9ClFNO2/c14-11-7-8(1-6-12(11)15)13(18)16-9-2-4-10(17)5-3-9/h1-7,17H,(H,16,18). The van der Waals surface area contributed by atoms with Gasteiger partial charge < -0.3 is 10.4 Å². The van der Waals surface area contributed by atoms with Crippen LogP contribution in [0.4, 0.5) is 10.1 Å². The number of phenols is 1. The smallest absolute Gasteiger partial charge is 0.255 e. The summed E-state index contributed by atoms with van der Waals surface area (Å²) in [5, 5.41) is 11.6. The molecule has 0 fully saturated rings. The molecule has 3 nitrogen and oxygen atoms in total. The second-order valence-corrected chi connectivity index (χ2v) is 4.04. The molecule has 0 spiro atoms. The van der Waals surface area contributed by atoms with Gasteiger partial charge in [0.05, 0.1) is 5.02 Å². The molecule has 5 heteroatoms. The maximum absolute atomic E-state index is 12.9. The molecular formula is C13H9ClFNO2. The van der Waals surface area contributed by atoms with Gasteiger partial charge in [0.2, 0.25) is 0 Å². The van der Waals surface area contributed by atoms with Crippen LogP contribution in [0.15, 0.2) is 42.5 Å². The van der Waals surface area contributed by atoms with Crippen LogP contribution in [0.1, 0.15) is 10.4 Å². The van der Waals surface area contributed by atoms with Gasteiger partial charge in [0.15, 0.2) is 0 Å². The van der Waals surface area contributed by atoms with Crippen molar-refractivity contribution in [2.45, 2.75) is 0 Å². The van der Waals surface area contributed by atoms with E-state index in [9.17, 15) is 9.18 Å². The highest BCUT2D eigenvalue weighted by Crippen LogP contribution is 2.18. The molecule has 0 aliphatic rings. The van der Waals surface area contributed by atoms with Crippen molar-refractivity contribution in [3.05, 3.63) is 58.9 Å². The number of rotatable bonds is 2. The third-order valence-corrected chi connectivity index (χ3v) is 2.60. The Hall–Kier alpha value is -2.07. The molecule has 0 saturated heterocycles. The van der Waals surface area contributed by atoms with E-state index in [0.29, 0.717) is 5.69 Å². The Bertz CT molecular complexity index is 584. The van der Waals surface area contributed by atoms with Gasteiger partial charge in [-0.15, -0.1) is 0 Å². The second kappa shape index (κ2) is 5.06. The summed E-state index contributed by atoms with van der Waals surface area (Å²) in [4.78, 5) is 11.8. The van der Waals surface area contributed by atoms with Gasteiger partial charge in [-0.3, -0.25) is 4.79 Å². The van der Waals surface area contributed by atoms with Crippen molar-refractivity contribution in [2.24, 2.45) is 0 Å². The Kier molecular flexibility index (Phi) is 3.48. The topological polar surface area (TPSA) is 49.3 Å². The van der Waals surface area contributed by atoms with Gasteiger partial charge in [0, 0.05) is 11.3 Å². The first-order valence-electron chi connectivity index (χ1n) is 5.12. The van der Waals surface area contributed by atoms with Gasteiger partial charge in [0.1, 0.15) is 11.6 Å². The first-order valence-corrected chi connectivity index (χ1v) is 5.49. The largest absolute Gasteiger partial charge is 0.508 e. The minimum atomic E-state index is -0.571. The Morgan fingerprint density at radius 2 is 1.83 bits per heavy atom. The maximum atomic E-state index is 12.9. The molecule has 2 aromatic rings. The Balaban J connectivity index is 2.16. The quantitative estimate of drug-likeness (QED) is 0.817. The van der Waals surface area contributed by atoms with Crippen LogP contribution in [0.3, 0.4) is 0 Å². The van der Waals surface area contributed by atoms with Gasteiger partial charge in [-0.05, 0) is 42.5 Å². The fourth-order valence-corrected chi connectivity index (χ4v) is 1.57. The van der Waals surface area contributed by atoms with Crippen molar-refractivity contribution in [3.63, 3.8) is 0 Å². The van der Waals surface area contributed by atoms with Crippen LogP contribution >= 0.6 is 11.6 Å². The zero-order valence-electron chi connectivity index (χ0n) is 9.15. The summed E-state index contributed by atoms with van der Waals surface area (Å²) in [6.07, 6.45) is 0. The van der Waals surface area contributed by atoms with E-state index in [-0.39, 0.29) is 16.3 Å². The van der Waals surface area contributed by atoms with Crippen molar-refractivity contribution >= 4 is 23.2 Å². The molecule has 0 bridgehead atoms. The molecule has 0 atom stereocenters. The predicted octanol–water partition coefficient (Wildman–Crippen LogP) is 3.44. The van der Waals surface area contributed by atoms with Crippen LogP contribution in [-0.2, 0) is 0 Å². The fourth-order valence-electron chi connectivity index (χ4n) is 1.39. The fraction of sp³-hybridized carbons (Fsp3) is 0. The Morgan fingerprint density at radius 3 is 2.44 bits per heavy atom. The second-order valence-electron chi connectivity index (χ2n) is 3.63. The average molecular weight is 266 g/mol. The monoisotopic (exact) mass is 265 g/mol. The van der Waals surface area contributed by atoms with E-state index >= 15 is 0 Å². The number of carbonyl (C=O) groups excluding carboxylic acids is 1. The molecule has 2 aromatic carbocycles. The summed E-state index contributed by atoms with van der Waals surface area (Å²) in [7, 11) is 0. The van der Waals surface area contributed by atoms with Crippen LogP contribution in [0, 0.1) is 5.82 Å². The number of carbonyl (C=O) groups is 1. The van der Waals surface area contributed by atoms with Gasteiger partial charge in [-0.2, -0.15) is 0 Å². The van der Waals surface area contributed by atoms with Gasteiger partial charge in [0.25, 0.3) is 5.91 Å². The Labute approximate surface area is 108 Å². The third-order valence-electron chi connectivity index (χ3n) is 2.31. The van der Waals surface area contributed by atoms with E-state index < -0.39 is 11.7 Å². The first-order chi connectivity index (χ1) is 8.56. The summed E-state index contributed by atoms with van der Waals surface area (Å²) in [6.45, 7) is 0. The summed E-state index contributed by atoms with van der Waals surface area (Å²) < 4.78 is 12.9. The molecule has 18 heavy (non-hydrogen) atoms. The number of hydrogen-bond donors (Lipinski definition) is 2. The van der Waals surface area contributed by atoms with Crippen molar-refractivity contribution in [1.29, 1.82) is 0 Å². The first kappa shape index (κ1) is 12.4. The lowest BCUT2D eigenvalue weighted by atomic mass is 10.2. The van der Waals surface area contributed by atoms with Crippen molar-refractivity contribution < 1.29 is 14.3 Å². The lowest BCUT2D eigenvalue weighted by Gasteiger charge is -2.05. The normalized spacial score (nSPS) is 10.1. The number of aromatic hydroxyl groups is 1. The summed E-state index contributed by atoms with van der Waals surface area (Å²) in [6, 6.07) is 9.74. The molecular weight excluding hydrogens is 257 g/mol. The molecule has 0 unspecified atom stereocenters. The van der Waals surface area contributed by atoms with Crippen molar-refractivity contribution in [2.75, 3.05) is 5.32 Å². The highest BCUT2D eigenvalue weighted by atomic mass is 35.5. The number of anilines is 1. The van der Waals surface area contributed by atoms with Crippen LogP contribution in [0.5, 0.6) is 5.75 Å². The number of phenolic OH excluding ortho intramolecular Hbond substituents is 1. The minimum Gasteiger partial charge on any atom is -0.508 e. The molecule has 0 aliphatic carbocycles. The highest BCUT2D eigenvalue weighted by Gasteiger charge is 2.08. The van der Waals surface area contributed by atoms with Crippen molar-refractivity contribution in [1.82, 2.24) is 0 Å². The zero-order chi connectivity index (χ0) is 13.1. The number of halogens is 2. The molecule has 0 aromatic heterocycles. The lowest BCUT2D eigenvalue weighted by molar-refractivity contribution is 0.102. The molecule has 2 N–H and O–H groups in total. The molecule has 0 saturated carbocycles. The number of nitrogens with one attached hydrogen (secondary N) is 1. The summed E-state index contributed by atoms with van der Waals surface area (Å²) >= 11 is 5.59. The van der Waals surface area contributed by atoms with Crippen LogP contribution in [0.25, 0.3) is 0 Å². The molecule has 2 rings (SSSR count). The van der Waals surface area contributed by atoms with Crippen molar-refractivity contribution in [3.8, 4) is 5.75 Å². The SMILES string of the molecule is O=C(Nc1ccc(O)cc1)c1ccc(F)c(Cl)c1. The lowest BCUT2D eigenvalue weighted by Crippen LogP contribution is -2.11. The summed E-state index contributed by atoms with van der Waals surface area (Å²) in [5.74, 6) is -0.863. The van der Waals surface area contributed by atoms with Gasteiger partial charge >= 0.3 is 0 Å². The van der Waals surface area contributed by atoms with Gasteiger partial charge in [-0.1, -0.05) is 11.6 Å². The molecule has 0 heterocycles. The van der Waals surface area contributed by atoms with Crippen LogP contribution in [0.2, 0.25) is 5.02 Å². The molecule has 0 radical (unpaired) electrons. The maximum Gasteiger partial charge on any atom is 0.255 e.